The molecule has 0 atom stereocenters. The molecule has 1 amide bonds. The van der Waals surface area contributed by atoms with E-state index in [1.165, 1.54) is 24.5 Å². The van der Waals surface area contributed by atoms with Crippen LogP contribution in [0.1, 0.15) is 0 Å². The van der Waals surface area contributed by atoms with Gasteiger partial charge in [0.05, 0.1) is 43.5 Å². The Labute approximate surface area is 223 Å². The van der Waals surface area contributed by atoms with Gasteiger partial charge in [0.2, 0.25) is 5.91 Å². The Balaban J connectivity index is 1.48. The number of fused-ring (bicyclic) bond motifs is 1. The first-order valence-corrected chi connectivity index (χ1v) is 12.1. The lowest BCUT2D eigenvalue weighted by Gasteiger charge is -2.38. The third-order valence-electron chi connectivity index (χ3n) is 6.25. The van der Waals surface area contributed by atoms with Crippen molar-refractivity contribution in [2.75, 3.05) is 32.6 Å². The maximum Gasteiger partial charge on any atom is 0.246 e. The van der Waals surface area contributed by atoms with Gasteiger partial charge in [0.25, 0.3) is 0 Å². The molecule has 1 saturated heterocycles. The van der Waals surface area contributed by atoms with E-state index < -0.39 is 5.82 Å². The molecule has 0 radical (unpaired) electrons. The molecular formula is C28H24ClFN4O4. The maximum absolute atomic E-state index is 14.1. The molecule has 38 heavy (non-hydrogen) atoms. The van der Waals surface area contributed by atoms with Crippen molar-refractivity contribution in [1.29, 1.82) is 0 Å². The van der Waals surface area contributed by atoms with E-state index in [9.17, 15) is 9.18 Å². The van der Waals surface area contributed by atoms with Gasteiger partial charge in [-0.1, -0.05) is 30.3 Å². The lowest BCUT2D eigenvalue weighted by atomic mass is 10.0. The summed E-state index contributed by atoms with van der Waals surface area (Å²) in [6, 6.07) is 13.7. The number of aromatic nitrogens is 2. The molecule has 0 bridgehead atoms. The molecule has 0 unspecified atom stereocenters. The number of nitrogens with one attached hydrogen (secondary N) is 1. The van der Waals surface area contributed by atoms with Crippen LogP contribution < -0.4 is 19.5 Å². The van der Waals surface area contributed by atoms with Gasteiger partial charge in [0.1, 0.15) is 29.8 Å². The van der Waals surface area contributed by atoms with Crippen LogP contribution in [0, 0.1) is 5.82 Å². The number of carbonyl (C=O) groups excluding carboxylic acids is 1. The van der Waals surface area contributed by atoms with Crippen LogP contribution in [0.3, 0.4) is 0 Å². The molecular weight excluding hydrogens is 511 g/mol. The van der Waals surface area contributed by atoms with Crippen LogP contribution in [0.15, 0.2) is 67.5 Å². The van der Waals surface area contributed by atoms with Crippen molar-refractivity contribution in [1.82, 2.24) is 14.9 Å². The zero-order chi connectivity index (χ0) is 26.8. The third kappa shape index (κ3) is 4.92. The van der Waals surface area contributed by atoms with Crippen LogP contribution in [0.5, 0.6) is 17.2 Å². The number of rotatable bonds is 8. The number of hydrogen-bond donors (Lipinski definition) is 1. The van der Waals surface area contributed by atoms with Gasteiger partial charge in [0.15, 0.2) is 11.5 Å². The van der Waals surface area contributed by atoms with Crippen LogP contribution in [0.25, 0.3) is 22.0 Å². The van der Waals surface area contributed by atoms with Crippen LogP contribution in [0.4, 0.5) is 15.9 Å². The fourth-order valence-electron chi connectivity index (χ4n) is 4.21. The quantitative estimate of drug-likeness (QED) is 0.293. The van der Waals surface area contributed by atoms with E-state index in [4.69, 9.17) is 25.8 Å². The standard InChI is InChI=1S/C28H24ClFN4O4/c1-4-27(35)34-13-18(14-34)38-26-11-19-22(12-25(26)37-3)31-15-32-28(19)33-23-10-17(6-8-24(23)36-2)16-5-7-20(29)21(30)9-16/h4-12,15,18H,1,13-14H2,2-3H3,(H,31,32,33). The largest absolute Gasteiger partial charge is 0.495 e. The van der Waals surface area contributed by atoms with Gasteiger partial charge in [-0.25, -0.2) is 14.4 Å². The zero-order valence-corrected chi connectivity index (χ0v) is 21.5. The van der Waals surface area contributed by atoms with Gasteiger partial charge < -0.3 is 24.4 Å². The molecule has 1 aliphatic rings. The number of likely N-dealkylation sites (tertiary alicyclic amines) is 1. The highest BCUT2D eigenvalue weighted by molar-refractivity contribution is 6.30. The molecule has 8 nitrogen and oxygen atoms in total. The second kappa shape index (κ2) is 10.5. The van der Waals surface area contributed by atoms with Crippen LogP contribution in [-0.4, -0.2) is 54.2 Å². The minimum absolute atomic E-state index is 0.0587. The predicted octanol–water partition coefficient (Wildman–Crippen LogP) is 5.63. The van der Waals surface area contributed by atoms with Gasteiger partial charge in [0, 0.05) is 11.5 Å². The van der Waals surface area contributed by atoms with E-state index in [1.54, 1.807) is 43.4 Å². The van der Waals surface area contributed by atoms with E-state index >= 15 is 0 Å². The molecule has 1 aromatic heterocycles. The zero-order valence-electron chi connectivity index (χ0n) is 20.7. The lowest BCUT2D eigenvalue weighted by Crippen LogP contribution is -2.55. The number of carbonyl (C=O) groups is 1. The number of benzene rings is 3. The van der Waals surface area contributed by atoms with Crippen molar-refractivity contribution in [3.8, 4) is 28.4 Å². The fraction of sp³-hybridized carbons (Fsp3) is 0.179. The number of halogens is 2. The monoisotopic (exact) mass is 534 g/mol. The molecule has 10 heteroatoms. The number of methoxy groups -OCH3 is 2. The summed E-state index contributed by atoms with van der Waals surface area (Å²) in [6.07, 6.45) is 2.55. The van der Waals surface area contributed by atoms with Crippen molar-refractivity contribution in [2.24, 2.45) is 0 Å². The molecule has 0 aliphatic carbocycles. The molecule has 1 aliphatic heterocycles. The average molecular weight is 535 g/mol. The minimum atomic E-state index is -0.499. The molecule has 1 N–H and O–H groups in total. The summed E-state index contributed by atoms with van der Waals surface area (Å²) < 4.78 is 31.3. The van der Waals surface area contributed by atoms with E-state index in [1.807, 2.05) is 12.1 Å². The molecule has 4 aromatic rings. The van der Waals surface area contributed by atoms with Gasteiger partial charge in [-0.3, -0.25) is 4.79 Å². The van der Waals surface area contributed by atoms with Crippen molar-refractivity contribution in [3.05, 3.63) is 78.4 Å². The molecule has 0 saturated carbocycles. The normalized spacial score (nSPS) is 13.1. The average Bonchev–Trinajstić information content (AvgIpc) is 2.91. The van der Waals surface area contributed by atoms with Crippen molar-refractivity contribution in [2.45, 2.75) is 6.10 Å². The summed E-state index contributed by atoms with van der Waals surface area (Å²) in [4.78, 5) is 22.2. The Morgan fingerprint density at radius 3 is 2.50 bits per heavy atom. The summed E-state index contributed by atoms with van der Waals surface area (Å²) in [6.45, 7) is 4.43. The van der Waals surface area contributed by atoms with E-state index in [2.05, 4.69) is 21.9 Å². The Morgan fingerprint density at radius 1 is 1.05 bits per heavy atom. The van der Waals surface area contributed by atoms with Crippen molar-refractivity contribution < 1.29 is 23.4 Å². The second-order valence-electron chi connectivity index (χ2n) is 8.60. The van der Waals surface area contributed by atoms with Crippen LogP contribution in [0.2, 0.25) is 5.02 Å². The van der Waals surface area contributed by atoms with Gasteiger partial charge in [-0.15, -0.1) is 0 Å². The first-order chi connectivity index (χ1) is 18.4. The molecule has 1 fully saturated rings. The summed E-state index contributed by atoms with van der Waals surface area (Å²) in [5, 5.41) is 4.07. The Morgan fingerprint density at radius 2 is 1.79 bits per heavy atom. The van der Waals surface area contributed by atoms with Crippen LogP contribution in [-0.2, 0) is 4.79 Å². The lowest BCUT2D eigenvalue weighted by molar-refractivity contribution is -0.134. The molecule has 2 heterocycles. The second-order valence-corrected chi connectivity index (χ2v) is 9.01. The highest BCUT2D eigenvalue weighted by Crippen LogP contribution is 2.38. The summed E-state index contributed by atoms with van der Waals surface area (Å²) in [5.41, 5.74) is 2.68. The summed E-state index contributed by atoms with van der Waals surface area (Å²) in [5.74, 6) is 1.47. The van der Waals surface area contributed by atoms with Gasteiger partial charge in [-0.2, -0.15) is 0 Å². The van der Waals surface area contributed by atoms with Crippen molar-refractivity contribution >= 4 is 39.9 Å². The number of amides is 1. The topological polar surface area (TPSA) is 85.8 Å². The molecule has 3 aromatic carbocycles. The highest BCUT2D eigenvalue weighted by atomic mass is 35.5. The predicted molar refractivity (Wildman–Crippen MR) is 144 cm³/mol. The number of hydrogen-bond acceptors (Lipinski definition) is 7. The number of nitrogens with zero attached hydrogens (tertiary/aromatic N) is 3. The van der Waals surface area contributed by atoms with E-state index in [0.29, 0.717) is 58.3 Å². The Hall–Kier alpha value is -4.37. The Kier molecular flexibility index (Phi) is 7.02. The van der Waals surface area contributed by atoms with Crippen LogP contribution >= 0.6 is 11.6 Å². The minimum Gasteiger partial charge on any atom is -0.495 e. The van der Waals surface area contributed by atoms with E-state index in [0.717, 1.165) is 5.56 Å². The van der Waals surface area contributed by atoms with Gasteiger partial charge in [-0.05, 0) is 47.5 Å². The molecule has 194 valence electrons. The first-order valence-electron chi connectivity index (χ1n) is 11.7. The summed E-state index contributed by atoms with van der Waals surface area (Å²) >= 11 is 5.85. The number of anilines is 2. The first kappa shape index (κ1) is 25.3. The molecule has 5 rings (SSSR count). The Bertz CT molecular complexity index is 1540. The van der Waals surface area contributed by atoms with Gasteiger partial charge >= 0.3 is 0 Å². The van der Waals surface area contributed by atoms with Crippen molar-refractivity contribution in [3.63, 3.8) is 0 Å². The smallest absolute Gasteiger partial charge is 0.246 e. The SMILES string of the molecule is C=CC(=O)N1CC(Oc2cc3c(Nc4cc(-c5ccc(Cl)c(F)c5)ccc4OC)ncnc3cc2OC)C1. The maximum atomic E-state index is 14.1. The van der Waals surface area contributed by atoms with E-state index in [-0.39, 0.29) is 17.0 Å². The molecule has 0 spiro atoms. The number of ether oxygens (including phenoxy) is 3. The fourth-order valence-corrected chi connectivity index (χ4v) is 4.32. The summed E-state index contributed by atoms with van der Waals surface area (Å²) in [7, 11) is 3.12. The third-order valence-corrected chi connectivity index (χ3v) is 6.56. The highest BCUT2D eigenvalue weighted by Gasteiger charge is 2.31.